The van der Waals surface area contributed by atoms with Crippen LogP contribution in [0.2, 0.25) is 10.0 Å². The largest absolute Gasteiger partial charge is 0.367 e. The van der Waals surface area contributed by atoms with Crippen LogP contribution in [0, 0.1) is 10.1 Å². The van der Waals surface area contributed by atoms with Gasteiger partial charge in [-0.25, -0.2) is 4.98 Å². The second-order valence-corrected chi connectivity index (χ2v) is 8.19. The topological polar surface area (TPSA) is 90.4 Å². The number of halogens is 2. The maximum atomic E-state index is 8.54. The van der Waals surface area contributed by atoms with E-state index >= 15 is 0 Å². The van der Waals surface area contributed by atoms with Crippen LogP contribution in [0.15, 0.2) is 101 Å². The van der Waals surface area contributed by atoms with E-state index in [0.717, 1.165) is 0 Å². The van der Waals surface area contributed by atoms with Crippen molar-refractivity contribution < 1.29 is 27.4 Å². The molecule has 0 fully saturated rings. The van der Waals surface area contributed by atoms with Gasteiger partial charge < -0.3 is 14.5 Å². The third kappa shape index (κ3) is 8.39. The normalized spacial score (nSPS) is 15.1. The molecule has 1 heterocycles. The molecular formula is C24H21Cl2N3O4S. The molecule has 0 saturated heterocycles. The van der Waals surface area contributed by atoms with Crippen LogP contribution in [0.5, 0.6) is 0 Å². The Labute approximate surface area is 223 Å². The molecule has 0 aliphatic heterocycles. The van der Waals surface area contributed by atoms with Gasteiger partial charge in [-0.3, -0.25) is 0 Å². The number of benzene rings is 3. The summed E-state index contributed by atoms with van der Waals surface area (Å²) < 4.78 is 81.7. The summed E-state index contributed by atoms with van der Waals surface area (Å²) in [5.74, 6) is 0. The predicted molar refractivity (Wildman–Crippen MR) is 132 cm³/mol. The van der Waals surface area contributed by atoms with Crippen molar-refractivity contribution >= 4 is 35.0 Å². The molecule has 0 amide bonds. The van der Waals surface area contributed by atoms with E-state index in [2.05, 4.69) is 4.98 Å². The van der Waals surface area contributed by atoms with Gasteiger partial charge in [-0.2, -0.15) is 0 Å². The number of aromatic nitrogens is 2. The minimum Gasteiger partial charge on any atom is -0.367 e. The fraction of sp³-hybridized carbons (Fsp3) is 0.125. The van der Waals surface area contributed by atoms with Crippen LogP contribution in [-0.2, 0) is 17.9 Å². The van der Waals surface area contributed by atoms with Crippen molar-refractivity contribution in [3.63, 3.8) is 0 Å². The Morgan fingerprint density at radius 2 is 1.82 bits per heavy atom. The number of rotatable bonds is 8. The molecule has 1 unspecified atom stereocenters. The SMILES string of the molecule is O=[N+]([O-])O.[2H]c1c([2H])c([2H])c(Sc2c([2H])c([2H])c(COC(Cn3ccnc3)c3ccc(Cl)cc3Cl)c([2H])c2[2H])c([2H])c1[2H]. The molecule has 7 nitrogen and oxygen atoms in total. The zero-order valence-electron chi connectivity index (χ0n) is 26.1. The highest BCUT2D eigenvalue weighted by Crippen LogP contribution is 2.31. The van der Waals surface area contributed by atoms with Crippen LogP contribution in [0.1, 0.15) is 29.6 Å². The van der Waals surface area contributed by atoms with Gasteiger partial charge in [-0.05, 0) is 41.9 Å². The molecule has 1 atom stereocenters. The maximum absolute atomic E-state index is 8.54. The lowest BCUT2D eigenvalue weighted by Crippen LogP contribution is -2.12. The summed E-state index contributed by atoms with van der Waals surface area (Å²) in [4.78, 5) is 12.0. The van der Waals surface area contributed by atoms with Crippen LogP contribution in [-0.4, -0.2) is 19.8 Å². The van der Waals surface area contributed by atoms with Gasteiger partial charge in [0.05, 0.1) is 31.8 Å². The van der Waals surface area contributed by atoms with Gasteiger partial charge in [-0.1, -0.05) is 71.2 Å². The molecule has 0 aliphatic carbocycles. The first-order valence-electron chi connectivity index (χ1n) is 13.8. The molecule has 1 N–H and O–H groups in total. The van der Waals surface area contributed by atoms with Gasteiger partial charge in [0.2, 0.25) is 0 Å². The zero-order valence-corrected chi connectivity index (χ0v) is 19.5. The maximum Gasteiger partial charge on any atom is 0.291 e. The van der Waals surface area contributed by atoms with Crippen molar-refractivity contribution in [2.75, 3.05) is 0 Å². The summed E-state index contributed by atoms with van der Waals surface area (Å²) in [6, 6.07) is 0.737. The first-order valence-corrected chi connectivity index (χ1v) is 10.9. The molecule has 0 spiro atoms. The molecule has 0 bridgehead atoms. The lowest BCUT2D eigenvalue weighted by molar-refractivity contribution is -0.742. The number of nitrogens with zero attached hydrogens (tertiary/aromatic N) is 3. The van der Waals surface area contributed by atoms with Gasteiger partial charge in [-0.15, -0.1) is 10.1 Å². The highest BCUT2D eigenvalue weighted by Gasteiger charge is 2.17. The van der Waals surface area contributed by atoms with E-state index in [1.807, 2.05) is 0 Å². The Morgan fingerprint density at radius 3 is 2.44 bits per heavy atom. The summed E-state index contributed by atoms with van der Waals surface area (Å²) in [5.41, 5.74) is 0.606. The van der Waals surface area contributed by atoms with E-state index in [-0.39, 0.29) is 34.0 Å². The summed E-state index contributed by atoms with van der Waals surface area (Å²) >= 11 is 13.1. The summed E-state index contributed by atoms with van der Waals surface area (Å²) in [5, 5.41) is 14.4. The predicted octanol–water partition coefficient (Wildman–Crippen LogP) is 6.95. The lowest BCUT2D eigenvalue weighted by atomic mass is 10.1. The van der Waals surface area contributed by atoms with Crippen molar-refractivity contribution in [2.24, 2.45) is 0 Å². The van der Waals surface area contributed by atoms with Crippen molar-refractivity contribution in [2.45, 2.75) is 29.0 Å². The van der Waals surface area contributed by atoms with Gasteiger partial charge in [0, 0.05) is 37.8 Å². The molecule has 176 valence electrons. The molecule has 34 heavy (non-hydrogen) atoms. The van der Waals surface area contributed by atoms with Crippen molar-refractivity contribution in [3.8, 4) is 0 Å². The Bertz CT molecular complexity index is 1600. The van der Waals surface area contributed by atoms with Crippen LogP contribution in [0.3, 0.4) is 0 Å². The molecule has 3 aromatic carbocycles. The van der Waals surface area contributed by atoms with Gasteiger partial charge in [0.25, 0.3) is 5.09 Å². The Hall–Kier alpha value is -3.04. The molecule has 0 radical (unpaired) electrons. The summed E-state index contributed by atoms with van der Waals surface area (Å²) in [6.07, 6.45) is 4.29. The van der Waals surface area contributed by atoms with Crippen LogP contribution < -0.4 is 0 Å². The first kappa shape index (κ1) is 15.8. The smallest absolute Gasteiger partial charge is 0.291 e. The fourth-order valence-electron chi connectivity index (χ4n) is 2.62. The molecular weight excluding hydrogens is 497 g/mol. The highest BCUT2D eigenvalue weighted by molar-refractivity contribution is 7.99. The monoisotopic (exact) mass is 526 g/mol. The number of hydrogen-bond donors (Lipinski definition) is 1. The minimum atomic E-state index is -1.50. The third-order valence-corrected chi connectivity index (χ3v) is 5.39. The fourth-order valence-corrected chi connectivity index (χ4v) is 3.76. The lowest BCUT2D eigenvalue weighted by Gasteiger charge is -2.20. The third-order valence-electron chi connectivity index (χ3n) is 4.01. The molecule has 1 aromatic heterocycles. The molecule has 0 saturated carbocycles. The van der Waals surface area contributed by atoms with Gasteiger partial charge in [0.15, 0.2) is 0 Å². The summed E-state index contributed by atoms with van der Waals surface area (Å²) in [7, 11) is 0. The summed E-state index contributed by atoms with van der Waals surface area (Å²) in [6.45, 7) is 0.0141. The second-order valence-electron chi connectivity index (χ2n) is 6.33. The van der Waals surface area contributed by atoms with Gasteiger partial charge >= 0.3 is 0 Å². The minimum absolute atomic E-state index is 0.00358. The average molecular weight is 527 g/mol. The highest BCUT2D eigenvalue weighted by atomic mass is 35.5. The number of imidazole rings is 1. The molecule has 4 aromatic rings. The van der Waals surface area contributed by atoms with Crippen LogP contribution >= 0.6 is 35.0 Å². The van der Waals surface area contributed by atoms with E-state index in [1.165, 1.54) is 0 Å². The molecule has 0 aliphatic rings. The Kier molecular flexibility index (Phi) is 6.04. The Balaban J connectivity index is 0.00000119. The second kappa shape index (κ2) is 13.0. The zero-order chi connectivity index (χ0) is 32.2. The average Bonchev–Trinajstić information content (AvgIpc) is 3.46. The van der Waals surface area contributed by atoms with E-state index in [1.54, 1.807) is 41.5 Å². The van der Waals surface area contributed by atoms with E-state index in [4.69, 9.17) is 55.6 Å². The Morgan fingerprint density at radius 1 is 1.15 bits per heavy atom. The molecule has 10 heteroatoms. The van der Waals surface area contributed by atoms with E-state index < -0.39 is 53.5 Å². The molecule has 4 rings (SSSR count). The number of ether oxygens (including phenoxy) is 1. The van der Waals surface area contributed by atoms with Gasteiger partial charge in [0.1, 0.15) is 6.10 Å². The first-order chi connectivity index (χ1) is 20.1. The standard InChI is InChI=1S/C24H20Cl2N2OS.HNO3/c25-19-8-11-22(23(26)14-19)24(15-28-13-12-27-17-28)29-16-18-6-9-21(10-7-18)30-20-4-2-1-3-5-20;2-1(3)4/h1-14,17,24H,15-16H2;(H,2,3,4)/i1D,2D,3D,4D,5D,6D,7D,9D,10D;. The van der Waals surface area contributed by atoms with Crippen LogP contribution in [0.25, 0.3) is 0 Å². The number of hydrogen-bond acceptors (Lipinski definition) is 5. The van der Waals surface area contributed by atoms with Crippen molar-refractivity contribution in [1.29, 1.82) is 0 Å². The van der Waals surface area contributed by atoms with E-state index in [0.29, 0.717) is 33.9 Å². The van der Waals surface area contributed by atoms with Crippen LogP contribution in [0.4, 0.5) is 0 Å². The van der Waals surface area contributed by atoms with Crippen molar-refractivity contribution in [1.82, 2.24) is 9.55 Å². The van der Waals surface area contributed by atoms with E-state index in [9.17, 15) is 0 Å². The quantitative estimate of drug-likeness (QED) is 0.197. The van der Waals surface area contributed by atoms with Crippen molar-refractivity contribution in [3.05, 3.63) is 123 Å².